The molecule has 2 atom stereocenters. The summed E-state index contributed by atoms with van der Waals surface area (Å²) in [7, 11) is 0. The molecule has 1 heterocycles. The summed E-state index contributed by atoms with van der Waals surface area (Å²) in [6, 6.07) is 18.4. The normalized spacial score (nSPS) is 14.9. The fourth-order valence-corrected chi connectivity index (χ4v) is 3.51. The van der Waals surface area contributed by atoms with Gasteiger partial charge in [0.15, 0.2) is 0 Å². The van der Waals surface area contributed by atoms with Gasteiger partial charge in [0.2, 0.25) is 0 Å². The van der Waals surface area contributed by atoms with Gasteiger partial charge in [0.05, 0.1) is 5.60 Å². The van der Waals surface area contributed by atoms with Gasteiger partial charge >= 0.3 is 0 Å². The lowest BCUT2D eigenvalue weighted by Gasteiger charge is -2.25. The minimum atomic E-state index is -0.875. The van der Waals surface area contributed by atoms with Gasteiger partial charge < -0.3 is 10.4 Å². The molecule has 26 heavy (non-hydrogen) atoms. The van der Waals surface area contributed by atoms with Crippen molar-refractivity contribution >= 4 is 22.7 Å². The number of aromatic nitrogens is 1. The summed E-state index contributed by atoms with van der Waals surface area (Å²) in [4.78, 5) is 5.31. The van der Waals surface area contributed by atoms with Gasteiger partial charge in [-0.2, -0.15) is 0 Å². The molecule has 0 aliphatic heterocycles. The van der Waals surface area contributed by atoms with E-state index in [0.717, 1.165) is 17.5 Å². The zero-order valence-electron chi connectivity index (χ0n) is 15.1. The number of nitrogens with zero attached hydrogens (tertiary/aromatic N) is 1. The first-order valence-corrected chi connectivity index (χ1v) is 9.61. The first-order chi connectivity index (χ1) is 12.5. The van der Waals surface area contributed by atoms with Crippen molar-refractivity contribution in [3.05, 3.63) is 72.6 Å². The van der Waals surface area contributed by atoms with Crippen LogP contribution in [-0.4, -0.2) is 29.2 Å². The van der Waals surface area contributed by atoms with Gasteiger partial charge in [0, 0.05) is 41.8 Å². The summed E-state index contributed by atoms with van der Waals surface area (Å²) in [6.07, 6.45) is 3.69. The van der Waals surface area contributed by atoms with E-state index in [1.54, 1.807) is 11.9 Å². The van der Waals surface area contributed by atoms with Crippen molar-refractivity contribution in [3.63, 3.8) is 0 Å². The lowest BCUT2D eigenvalue weighted by atomic mass is 9.96. The fraction of sp³-hybridized carbons (Fsp3) is 0.286. The van der Waals surface area contributed by atoms with Crippen LogP contribution < -0.4 is 10.0 Å². The van der Waals surface area contributed by atoms with Gasteiger partial charge in [0.1, 0.15) is 0 Å². The van der Waals surface area contributed by atoms with Crippen molar-refractivity contribution in [1.29, 1.82) is 0 Å². The Morgan fingerprint density at radius 2 is 1.92 bits per heavy atom. The van der Waals surface area contributed by atoms with Crippen molar-refractivity contribution in [1.82, 2.24) is 15.0 Å². The van der Waals surface area contributed by atoms with Crippen molar-refractivity contribution < 1.29 is 5.11 Å². The van der Waals surface area contributed by atoms with Crippen molar-refractivity contribution in [2.45, 2.75) is 30.4 Å². The molecule has 136 valence electrons. The monoisotopic (exact) mass is 367 g/mol. The number of fused-ring (bicyclic) bond motifs is 1. The summed E-state index contributed by atoms with van der Waals surface area (Å²) in [5.74, 6) is 0. The van der Waals surface area contributed by atoms with Crippen LogP contribution in [0.3, 0.4) is 0 Å². The van der Waals surface area contributed by atoms with Gasteiger partial charge in [0.25, 0.3) is 0 Å². The Balaban J connectivity index is 1.46. The molecule has 0 radical (unpaired) electrons. The highest BCUT2D eigenvalue weighted by atomic mass is 32.2. The molecule has 3 N–H and O–H groups in total. The van der Waals surface area contributed by atoms with Crippen LogP contribution in [0.25, 0.3) is 10.8 Å². The van der Waals surface area contributed by atoms with E-state index < -0.39 is 5.60 Å². The maximum Gasteiger partial charge on any atom is 0.0992 e. The average Bonchev–Trinajstić information content (AvgIpc) is 2.67. The molecule has 3 rings (SSSR count). The third-order valence-electron chi connectivity index (χ3n) is 4.31. The van der Waals surface area contributed by atoms with Gasteiger partial charge in [-0.3, -0.25) is 9.71 Å². The zero-order valence-corrected chi connectivity index (χ0v) is 16.0. The van der Waals surface area contributed by atoms with Gasteiger partial charge in [-0.1, -0.05) is 36.4 Å². The Morgan fingerprint density at radius 3 is 2.73 bits per heavy atom. The molecule has 2 aromatic carbocycles. The van der Waals surface area contributed by atoms with Crippen molar-refractivity contribution in [2.24, 2.45) is 0 Å². The number of nitrogens with one attached hydrogen (secondary N) is 2. The van der Waals surface area contributed by atoms with Crippen LogP contribution in [0.1, 0.15) is 19.4 Å². The Morgan fingerprint density at radius 1 is 1.12 bits per heavy atom. The second-order valence-corrected chi connectivity index (χ2v) is 7.69. The molecule has 1 aromatic heterocycles. The van der Waals surface area contributed by atoms with E-state index in [4.69, 9.17) is 0 Å². The third-order valence-corrected chi connectivity index (χ3v) is 5.32. The van der Waals surface area contributed by atoms with E-state index in [1.165, 1.54) is 10.3 Å². The lowest BCUT2D eigenvalue weighted by Crippen LogP contribution is -2.40. The van der Waals surface area contributed by atoms with Crippen LogP contribution in [0.4, 0.5) is 0 Å². The molecule has 0 saturated carbocycles. The lowest BCUT2D eigenvalue weighted by molar-refractivity contribution is 0.0568. The van der Waals surface area contributed by atoms with Crippen LogP contribution in [-0.2, 0) is 5.60 Å². The summed E-state index contributed by atoms with van der Waals surface area (Å²) < 4.78 is 3.45. The smallest absolute Gasteiger partial charge is 0.0992 e. The molecular weight excluding hydrogens is 342 g/mol. The number of rotatable bonds is 8. The molecule has 1 unspecified atom stereocenters. The molecule has 0 aliphatic rings. The molecule has 5 heteroatoms. The van der Waals surface area contributed by atoms with Gasteiger partial charge in [-0.05, 0) is 54.9 Å². The minimum absolute atomic E-state index is 0.264. The number of benzene rings is 2. The van der Waals surface area contributed by atoms with Gasteiger partial charge in [-0.25, -0.2) is 0 Å². The minimum Gasteiger partial charge on any atom is -0.384 e. The zero-order chi connectivity index (χ0) is 18.4. The summed E-state index contributed by atoms with van der Waals surface area (Å²) in [5.41, 5.74) is 0.0497. The van der Waals surface area contributed by atoms with Crippen LogP contribution in [0.2, 0.25) is 0 Å². The third kappa shape index (κ3) is 5.05. The molecule has 0 spiro atoms. The first-order valence-electron chi connectivity index (χ1n) is 8.79. The number of hydrogen-bond donors (Lipinski definition) is 3. The van der Waals surface area contributed by atoms with E-state index in [0.29, 0.717) is 6.54 Å². The maximum absolute atomic E-state index is 10.6. The highest BCUT2D eigenvalue weighted by Gasteiger charge is 2.22. The highest BCUT2D eigenvalue weighted by molar-refractivity contribution is 7.97. The Hall–Kier alpha value is -1.92. The van der Waals surface area contributed by atoms with Gasteiger partial charge in [-0.15, -0.1) is 0 Å². The number of aliphatic hydroxyl groups is 1. The summed E-state index contributed by atoms with van der Waals surface area (Å²) in [5, 5.41) is 16.3. The highest BCUT2D eigenvalue weighted by Crippen LogP contribution is 2.22. The molecular formula is C21H25N3OS. The van der Waals surface area contributed by atoms with Crippen molar-refractivity contribution in [2.75, 3.05) is 13.1 Å². The molecule has 0 bridgehead atoms. The predicted octanol–water partition coefficient (Wildman–Crippen LogP) is 3.72. The van der Waals surface area contributed by atoms with E-state index in [1.807, 2.05) is 55.7 Å². The average molecular weight is 368 g/mol. The second-order valence-electron chi connectivity index (χ2n) is 6.78. The van der Waals surface area contributed by atoms with Crippen LogP contribution in [0.5, 0.6) is 0 Å². The van der Waals surface area contributed by atoms with Crippen LogP contribution in [0.15, 0.2) is 71.9 Å². The van der Waals surface area contributed by atoms with E-state index >= 15 is 0 Å². The van der Waals surface area contributed by atoms with E-state index in [-0.39, 0.29) is 6.04 Å². The SMILES string of the molecule is C[C@H](CNCC(C)(O)c1ccccc1)NSc1ccc2cnccc2c1. The summed E-state index contributed by atoms with van der Waals surface area (Å²) >= 11 is 1.62. The quantitative estimate of drug-likeness (QED) is 0.530. The molecule has 4 nitrogen and oxygen atoms in total. The standard InChI is InChI=1S/C21H25N3OS/c1-16(13-23-15-21(2,25)19-6-4-3-5-7-19)24-26-20-9-8-18-14-22-11-10-17(18)12-20/h3-12,14,16,23-25H,13,15H2,1-2H3/t16-,21?/m1/s1. The molecule has 0 aliphatic carbocycles. The number of hydrogen-bond acceptors (Lipinski definition) is 5. The molecule has 0 saturated heterocycles. The predicted molar refractivity (Wildman–Crippen MR) is 109 cm³/mol. The molecule has 0 fully saturated rings. The number of pyridine rings is 1. The van der Waals surface area contributed by atoms with Crippen LogP contribution >= 0.6 is 11.9 Å². The maximum atomic E-state index is 10.6. The largest absolute Gasteiger partial charge is 0.384 e. The Labute approximate surface area is 159 Å². The van der Waals surface area contributed by atoms with Crippen LogP contribution in [0, 0.1) is 0 Å². The molecule has 3 aromatic rings. The molecule has 0 amide bonds. The van der Waals surface area contributed by atoms with E-state index in [9.17, 15) is 5.11 Å². The topological polar surface area (TPSA) is 57.2 Å². The second kappa shape index (κ2) is 8.64. The Bertz CT molecular complexity index is 839. The fourth-order valence-electron chi connectivity index (χ4n) is 2.77. The first kappa shape index (κ1) is 18.9. The van der Waals surface area contributed by atoms with E-state index in [2.05, 4.69) is 40.1 Å². The summed E-state index contributed by atoms with van der Waals surface area (Å²) in [6.45, 7) is 5.25. The Kier molecular flexibility index (Phi) is 6.27. The van der Waals surface area contributed by atoms with Crippen molar-refractivity contribution in [3.8, 4) is 0 Å².